The Hall–Kier alpha value is -0.830. The van der Waals surface area contributed by atoms with Gasteiger partial charge in [0.1, 0.15) is 0 Å². The molecular formula is C13H23N3. The summed E-state index contributed by atoms with van der Waals surface area (Å²) in [4.78, 5) is 4.52. The fourth-order valence-electron chi connectivity index (χ4n) is 2.48. The van der Waals surface area contributed by atoms with E-state index in [1.54, 1.807) is 0 Å². The number of nitrogens with zero attached hydrogens (tertiary/aromatic N) is 2. The van der Waals surface area contributed by atoms with E-state index in [0.717, 1.165) is 13.1 Å². The molecule has 0 atom stereocenters. The van der Waals surface area contributed by atoms with Crippen molar-refractivity contribution in [3.63, 3.8) is 0 Å². The van der Waals surface area contributed by atoms with Gasteiger partial charge in [-0.05, 0) is 52.1 Å². The first-order chi connectivity index (χ1) is 7.92. The van der Waals surface area contributed by atoms with Crippen LogP contribution in [0.5, 0.6) is 0 Å². The molecule has 90 valence electrons. The fraction of sp³-hybridized carbons (Fsp3) is 0.769. The summed E-state index contributed by atoms with van der Waals surface area (Å²) in [6.45, 7) is 2.30. The van der Waals surface area contributed by atoms with Crippen molar-refractivity contribution in [3.05, 3.63) is 17.7 Å². The van der Waals surface area contributed by atoms with Gasteiger partial charge in [0.05, 0.1) is 12.0 Å². The van der Waals surface area contributed by atoms with Crippen molar-refractivity contribution in [1.29, 1.82) is 0 Å². The largest absolute Gasteiger partial charge is 0.334 e. The SMILES string of the molecule is CNCCCCCn1cnc2c1CCCC2. The van der Waals surface area contributed by atoms with Crippen molar-refractivity contribution in [2.45, 2.75) is 51.5 Å². The molecular weight excluding hydrogens is 198 g/mol. The van der Waals surface area contributed by atoms with Gasteiger partial charge in [0.15, 0.2) is 0 Å². The highest BCUT2D eigenvalue weighted by Gasteiger charge is 2.14. The Kier molecular flexibility index (Phi) is 4.40. The minimum Gasteiger partial charge on any atom is -0.334 e. The van der Waals surface area contributed by atoms with Crippen LogP contribution in [0.2, 0.25) is 0 Å². The first-order valence-corrected chi connectivity index (χ1v) is 6.59. The Labute approximate surface area is 98.3 Å². The van der Waals surface area contributed by atoms with Gasteiger partial charge in [0.25, 0.3) is 0 Å². The van der Waals surface area contributed by atoms with Crippen molar-refractivity contribution < 1.29 is 0 Å². The van der Waals surface area contributed by atoms with E-state index >= 15 is 0 Å². The molecule has 1 aromatic rings. The summed E-state index contributed by atoms with van der Waals surface area (Å²) in [5.41, 5.74) is 2.88. The molecule has 0 aliphatic heterocycles. The van der Waals surface area contributed by atoms with Gasteiger partial charge in [-0.15, -0.1) is 0 Å². The molecule has 0 bridgehead atoms. The summed E-state index contributed by atoms with van der Waals surface area (Å²) in [5, 5.41) is 3.19. The molecule has 1 aromatic heterocycles. The number of imidazole rings is 1. The lowest BCUT2D eigenvalue weighted by Crippen LogP contribution is -2.10. The standard InChI is InChI=1S/C13H23N3/c1-14-9-5-2-6-10-16-11-15-12-7-3-4-8-13(12)16/h11,14H,2-10H2,1H3. The number of aromatic nitrogens is 2. The van der Waals surface area contributed by atoms with Crippen LogP contribution in [0.25, 0.3) is 0 Å². The van der Waals surface area contributed by atoms with Crippen LogP contribution in [-0.2, 0) is 19.4 Å². The first-order valence-electron chi connectivity index (χ1n) is 6.59. The molecule has 0 saturated heterocycles. The van der Waals surface area contributed by atoms with Crippen LogP contribution in [0, 0.1) is 0 Å². The number of hydrogen-bond acceptors (Lipinski definition) is 2. The van der Waals surface area contributed by atoms with Crippen molar-refractivity contribution in [3.8, 4) is 0 Å². The third kappa shape index (κ3) is 2.85. The van der Waals surface area contributed by atoms with E-state index in [-0.39, 0.29) is 0 Å². The molecule has 3 nitrogen and oxygen atoms in total. The second-order valence-electron chi connectivity index (χ2n) is 4.70. The summed E-state index contributed by atoms with van der Waals surface area (Å²) in [5.74, 6) is 0. The average molecular weight is 221 g/mol. The van der Waals surface area contributed by atoms with Gasteiger partial charge >= 0.3 is 0 Å². The van der Waals surface area contributed by atoms with Crippen LogP contribution < -0.4 is 5.32 Å². The zero-order valence-electron chi connectivity index (χ0n) is 10.3. The molecule has 0 spiro atoms. The molecule has 2 rings (SSSR count). The molecule has 0 amide bonds. The third-order valence-corrected chi connectivity index (χ3v) is 3.44. The highest BCUT2D eigenvalue weighted by molar-refractivity contribution is 5.16. The number of hydrogen-bond donors (Lipinski definition) is 1. The van der Waals surface area contributed by atoms with Crippen LogP contribution in [-0.4, -0.2) is 23.1 Å². The van der Waals surface area contributed by atoms with E-state index < -0.39 is 0 Å². The highest BCUT2D eigenvalue weighted by Crippen LogP contribution is 2.20. The fourth-order valence-corrected chi connectivity index (χ4v) is 2.48. The lowest BCUT2D eigenvalue weighted by Gasteiger charge is -2.13. The monoisotopic (exact) mass is 221 g/mol. The Balaban J connectivity index is 1.78. The maximum absolute atomic E-state index is 4.52. The van der Waals surface area contributed by atoms with Gasteiger partial charge in [-0.25, -0.2) is 4.98 Å². The predicted molar refractivity (Wildman–Crippen MR) is 66.6 cm³/mol. The van der Waals surface area contributed by atoms with E-state index in [0.29, 0.717) is 0 Å². The zero-order chi connectivity index (χ0) is 11.2. The topological polar surface area (TPSA) is 29.9 Å². The normalized spacial score (nSPS) is 15.1. The highest BCUT2D eigenvalue weighted by atomic mass is 15.1. The predicted octanol–water partition coefficient (Wildman–Crippen LogP) is 2.15. The van der Waals surface area contributed by atoms with Gasteiger partial charge in [-0.2, -0.15) is 0 Å². The molecule has 0 fully saturated rings. The average Bonchev–Trinajstić information content (AvgIpc) is 2.73. The van der Waals surface area contributed by atoms with Gasteiger partial charge in [0, 0.05) is 12.2 Å². The van der Waals surface area contributed by atoms with Gasteiger partial charge in [-0.1, -0.05) is 6.42 Å². The van der Waals surface area contributed by atoms with Crippen LogP contribution in [0.3, 0.4) is 0 Å². The molecule has 1 heterocycles. The Bertz CT molecular complexity index is 317. The smallest absolute Gasteiger partial charge is 0.0951 e. The molecule has 0 aromatic carbocycles. The quantitative estimate of drug-likeness (QED) is 0.746. The molecule has 0 radical (unpaired) electrons. The van der Waals surface area contributed by atoms with Crippen molar-refractivity contribution in [1.82, 2.24) is 14.9 Å². The number of unbranched alkanes of at least 4 members (excludes halogenated alkanes) is 2. The Morgan fingerprint density at radius 2 is 2.12 bits per heavy atom. The van der Waals surface area contributed by atoms with Gasteiger partial charge < -0.3 is 9.88 Å². The van der Waals surface area contributed by atoms with Gasteiger partial charge in [0.2, 0.25) is 0 Å². The van der Waals surface area contributed by atoms with Crippen molar-refractivity contribution in [2.24, 2.45) is 0 Å². The van der Waals surface area contributed by atoms with E-state index in [2.05, 4.69) is 14.9 Å². The van der Waals surface area contributed by atoms with Gasteiger partial charge in [-0.3, -0.25) is 0 Å². The Morgan fingerprint density at radius 1 is 1.25 bits per heavy atom. The molecule has 3 heteroatoms. The van der Waals surface area contributed by atoms with Crippen LogP contribution in [0.4, 0.5) is 0 Å². The van der Waals surface area contributed by atoms with Crippen LogP contribution in [0.1, 0.15) is 43.5 Å². The lowest BCUT2D eigenvalue weighted by atomic mass is 10.0. The first kappa shape index (κ1) is 11.6. The second kappa shape index (κ2) is 6.04. The summed E-state index contributed by atoms with van der Waals surface area (Å²) in [6.07, 6.45) is 11.0. The van der Waals surface area contributed by atoms with E-state index in [1.807, 2.05) is 13.4 Å². The number of rotatable bonds is 6. The second-order valence-corrected chi connectivity index (χ2v) is 4.70. The summed E-state index contributed by atoms with van der Waals surface area (Å²) >= 11 is 0. The summed E-state index contributed by atoms with van der Waals surface area (Å²) in [6, 6.07) is 0. The number of fused-ring (bicyclic) bond motifs is 1. The number of nitrogens with one attached hydrogen (secondary N) is 1. The zero-order valence-corrected chi connectivity index (χ0v) is 10.3. The van der Waals surface area contributed by atoms with E-state index in [4.69, 9.17) is 0 Å². The lowest BCUT2D eigenvalue weighted by molar-refractivity contribution is 0.548. The maximum atomic E-state index is 4.52. The van der Waals surface area contributed by atoms with Crippen LogP contribution in [0.15, 0.2) is 6.33 Å². The van der Waals surface area contributed by atoms with Crippen LogP contribution >= 0.6 is 0 Å². The minimum absolute atomic E-state index is 1.14. The van der Waals surface area contributed by atoms with Crippen molar-refractivity contribution in [2.75, 3.05) is 13.6 Å². The number of aryl methyl sites for hydroxylation is 2. The summed E-state index contributed by atoms with van der Waals surface area (Å²) in [7, 11) is 2.02. The molecule has 0 unspecified atom stereocenters. The van der Waals surface area contributed by atoms with E-state index in [9.17, 15) is 0 Å². The Morgan fingerprint density at radius 3 is 3.00 bits per heavy atom. The summed E-state index contributed by atoms with van der Waals surface area (Å²) < 4.78 is 2.38. The molecule has 1 aliphatic rings. The molecule has 1 aliphatic carbocycles. The molecule has 1 N–H and O–H groups in total. The third-order valence-electron chi connectivity index (χ3n) is 3.44. The molecule has 0 saturated carbocycles. The van der Waals surface area contributed by atoms with Crippen molar-refractivity contribution >= 4 is 0 Å². The minimum atomic E-state index is 1.14. The maximum Gasteiger partial charge on any atom is 0.0951 e. The molecule has 16 heavy (non-hydrogen) atoms. The van der Waals surface area contributed by atoms with E-state index in [1.165, 1.54) is 56.3 Å².